The van der Waals surface area contributed by atoms with Gasteiger partial charge >= 0.3 is 0 Å². The third kappa shape index (κ3) is 3.62. The van der Waals surface area contributed by atoms with E-state index in [9.17, 15) is 18.8 Å². The van der Waals surface area contributed by atoms with Gasteiger partial charge in [0.05, 0.1) is 16.6 Å². The Morgan fingerprint density at radius 3 is 2.63 bits per heavy atom. The van der Waals surface area contributed by atoms with Crippen molar-refractivity contribution in [3.05, 3.63) is 110 Å². The van der Waals surface area contributed by atoms with Crippen LogP contribution in [0.15, 0.2) is 80.3 Å². The van der Waals surface area contributed by atoms with E-state index in [0.717, 1.165) is 11.3 Å². The monoisotopic (exact) mass is 604 g/mol. The van der Waals surface area contributed by atoms with E-state index >= 15 is 0 Å². The number of fused-ring (bicyclic) bond motifs is 5. The maximum Gasteiger partial charge on any atom is 0.297 e. The first-order valence-electron chi connectivity index (χ1n) is 12.6. The Balaban J connectivity index is 1.44. The van der Waals surface area contributed by atoms with Crippen LogP contribution < -0.4 is 15.2 Å². The molecule has 2 aliphatic heterocycles. The number of amides is 2. The summed E-state index contributed by atoms with van der Waals surface area (Å²) >= 11 is 8.54. The van der Waals surface area contributed by atoms with Gasteiger partial charge in [0, 0.05) is 22.9 Å². The first kappa shape index (κ1) is 25.9. The van der Waals surface area contributed by atoms with E-state index in [4.69, 9.17) is 16.0 Å². The van der Waals surface area contributed by atoms with Crippen molar-refractivity contribution < 1.29 is 18.4 Å². The molecule has 0 saturated heterocycles. The van der Waals surface area contributed by atoms with Gasteiger partial charge in [-0.1, -0.05) is 71.1 Å². The van der Waals surface area contributed by atoms with Crippen molar-refractivity contribution in [3.63, 3.8) is 0 Å². The lowest BCUT2D eigenvalue weighted by Gasteiger charge is -2.31. The average Bonchev–Trinajstić information content (AvgIpc) is 3.61. The smallest absolute Gasteiger partial charge is 0.297 e. The fourth-order valence-corrected chi connectivity index (χ4v) is 7.61. The maximum atomic E-state index is 14.5. The van der Waals surface area contributed by atoms with Crippen LogP contribution in [0.3, 0.4) is 0 Å². The Kier molecular flexibility index (Phi) is 6.00. The van der Waals surface area contributed by atoms with Crippen LogP contribution in [-0.2, 0) is 16.1 Å². The van der Waals surface area contributed by atoms with Crippen LogP contribution in [-0.4, -0.2) is 28.6 Å². The molecule has 1 spiro atoms. The number of hydrogen-bond donors (Lipinski definition) is 0. The summed E-state index contributed by atoms with van der Waals surface area (Å²) in [6.07, 6.45) is 0. The van der Waals surface area contributed by atoms with Crippen LogP contribution in [0, 0.1) is 5.82 Å². The summed E-state index contributed by atoms with van der Waals surface area (Å²) in [5.74, 6) is -1.44. The largest absolute Gasteiger partial charge is 0.450 e. The molecule has 204 valence electrons. The van der Waals surface area contributed by atoms with Crippen LogP contribution in [0.4, 0.5) is 15.2 Å². The summed E-state index contributed by atoms with van der Waals surface area (Å²) in [7, 11) is 0. The average molecular weight is 605 g/mol. The second kappa shape index (κ2) is 9.51. The van der Waals surface area contributed by atoms with Gasteiger partial charge in [-0.25, -0.2) is 4.39 Å². The summed E-state index contributed by atoms with van der Waals surface area (Å²) in [4.78, 5) is 45.6. The van der Waals surface area contributed by atoms with E-state index in [1.807, 2.05) is 6.92 Å². The predicted octanol–water partition coefficient (Wildman–Crippen LogP) is 6.00. The van der Waals surface area contributed by atoms with E-state index in [-0.39, 0.29) is 39.0 Å². The molecule has 0 radical (unpaired) electrons. The lowest BCUT2D eigenvalue weighted by atomic mass is 9.84. The Hall–Kier alpha value is -4.06. The highest BCUT2D eigenvalue weighted by Gasteiger charge is 2.66. The molecule has 8 nitrogen and oxygen atoms in total. The molecule has 0 N–H and O–H groups in total. The predicted molar refractivity (Wildman–Crippen MR) is 155 cm³/mol. The molecule has 12 heteroatoms. The van der Waals surface area contributed by atoms with Gasteiger partial charge in [-0.15, -0.1) is 10.2 Å². The fourth-order valence-electron chi connectivity index (χ4n) is 5.56. The third-order valence-electron chi connectivity index (χ3n) is 7.30. The zero-order valence-corrected chi connectivity index (χ0v) is 23.6. The number of carbonyl (C=O) groups is 2. The van der Waals surface area contributed by atoms with Gasteiger partial charge in [0.2, 0.25) is 10.9 Å². The highest BCUT2D eigenvalue weighted by atomic mass is 35.5. The van der Waals surface area contributed by atoms with E-state index in [2.05, 4.69) is 10.2 Å². The van der Waals surface area contributed by atoms with Crippen molar-refractivity contribution in [2.24, 2.45) is 0 Å². The molecule has 5 aromatic rings. The molecule has 7 rings (SSSR count). The normalized spacial score (nSPS) is 17.6. The Morgan fingerprint density at radius 1 is 1.05 bits per heavy atom. The summed E-state index contributed by atoms with van der Waals surface area (Å²) in [6.45, 7) is 2.13. The molecule has 2 aliphatic rings. The minimum Gasteiger partial charge on any atom is -0.450 e. The van der Waals surface area contributed by atoms with Gasteiger partial charge in [0.25, 0.3) is 11.8 Å². The molecule has 2 amide bonds. The number of anilines is 2. The van der Waals surface area contributed by atoms with Crippen LogP contribution >= 0.6 is 34.7 Å². The van der Waals surface area contributed by atoms with Crippen molar-refractivity contribution >= 4 is 68.3 Å². The van der Waals surface area contributed by atoms with Crippen LogP contribution in [0.25, 0.3) is 11.0 Å². The minimum atomic E-state index is -1.86. The lowest BCUT2D eigenvalue weighted by molar-refractivity contribution is -0.121. The molecule has 0 bridgehead atoms. The fraction of sp³-hybridized carbons (Fsp3) is 0.138. The van der Waals surface area contributed by atoms with Crippen LogP contribution in [0.2, 0.25) is 5.02 Å². The van der Waals surface area contributed by atoms with Crippen molar-refractivity contribution in [1.29, 1.82) is 0 Å². The second-order valence-corrected chi connectivity index (χ2v) is 12.0. The molecule has 2 aromatic heterocycles. The van der Waals surface area contributed by atoms with Gasteiger partial charge in [0.15, 0.2) is 15.3 Å². The minimum absolute atomic E-state index is 0.0820. The Labute approximate surface area is 245 Å². The quantitative estimate of drug-likeness (QED) is 0.179. The van der Waals surface area contributed by atoms with Gasteiger partial charge in [-0.2, -0.15) is 0 Å². The number of benzene rings is 3. The van der Waals surface area contributed by atoms with Crippen molar-refractivity contribution in [3.8, 4) is 0 Å². The molecule has 41 heavy (non-hydrogen) atoms. The van der Waals surface area contributed by atoms with Crippen LogP contribution in [0.5, 0.6) is 0 Å². The zero-order chi connectivity index (χ0) is 28.5. The molecule has 0 fully saturated rings. The molecule has 0 saturated carbocycles. The third-order valence-corrected chi connectivity index (χ3v) is 9.62. The van der Waals surface area contributed by atoms with E-state index in [1.54, 1.807) is 53.4 Å². The highest BCUT2D eigenvalue weighted by molar-refractivity contribution is 8.00. The topological polar surface area (TPSA) is 96.6 Å². The number of hydrogen-bond acceptors (Lipinski definition) is 8. The zero-order valence-electron chi connectivity index (χ0n) is 21.3. The van der Waals surface area contributed by atoms with Gasteiger partial charge in [-0.3, -0.25) is 19.3 Å². The number of aromatic nitrogens is 2. The first-order chi connectivity index (χ1) is 19.9. The molecule has 0 aliphatic carbocycles. The van der Waals surface area contributed by atoms with Crippen LogP contribution in [0.1, 0.15) is 34.2 Å². The maximum absolute atomic E-state index is 14.5. The van der Waals surface area contributed by atoms with Crippen molar-refractivity contribution in [2.75, 3.05) is 16.3 Å². The van der Waals surface area contributed by atoms with Gasteiger partial charge < -0.3 is 9.32 Å². The van der Waals surface area contributed by atoms with Crippen molar-refractivity contribution in [2.45, 2.75) is 22.6 Å². The van der Waals surface area contributed by atoms with Gasteiger partial charge in [-0.05, 0) is 42.8 Å². The van der Waals surface area contributed by atoms with E-state index < -0.39 is 22.8 Å². The number of halogens is 2. The number of nitrogens with zero attached hydrogens (tertiary/aromatic N) is 4. The molecule has 1 atom stereocenters. The van der Waals surface area contributed by atoms with Gasteiger partial charge in [0.1, 0.15) is 11.4 Å². The SMILES string of the molecule is CCN1C(=O)C2(c3ccccc31)c1c(oc3ccc(Cl)cc3c1=O)C(=O)N2c1nnc(SCc2ccccc2F)s1. The number of rotatable bonds is 5. The Bertz CT molecular complexity index is 1980. The number of thioether (sulfide) groups is 1. The molecular weight excluding hydrogens is 587 g/mol. The molecule has 3 aromatic carbocycles. The van der Waals surface area contributed by atoms with Crippen molar-refractivity contribution in [1.82, 2.24) is 10.2 Å². The number of likely N-dealkylation sites (N-methyl/N-ethyl adjacent to an activating group) is 1. The highest BCUT2D eigenvalue weighted by Crippen LogP contribution is 2.54. The molecule has 1 unspecified atom stereocenters. The van der Waals surface area contributed by atoms with E-state index in [0.29, 0.717) is 32.7 Å². The first-order valence-corrected chi connectivity index (χ1v) is 14.8. The molecule has 4 heterocycles. The summed E-state index contributed by atoms with van der Waals surface area (Å²) in [6, 6.07) is 18.0. The standard InChI is InChI=1S/C29H18ClFN4O4S2/c1-2-34-20-10-6-4-8-18(20)29(26(34)38)22-23(36)17-13-16(30)11-12-21(17)39-24(22)25(37)35(29)27-32-33-28(41-27)40-14-15-7-3-5-9-19(15)31/h3-13H,2,14H2,1H3. The molecular formula is C29H18ClFN4O4S2. The number of para-hydroxylation sites is 1. The summed E-state index contributed by atoms with van der Waals surface area (Å²) in [5.41, 5.74) is -0.760. The lowest BCUT2D eigenvalue weighted by Crippen LogP contribution is -2.53. The number of carbonyl (C=O) groups excluding carboxylic acids is 2. The summed E-state index contributed by atoms with van der Waals surface area (Å²) in [5, 5.41) is 9.09. The second-order valence-electron chi connectivity index (χ2n) is 9.42. The summed E-state index contributed by atoms with van der Waals surface area (Å²) < 4.78 is 20.7. The van der Waals surface area contributed by atoms with E-state index in [1.165, 1.54) is 34.9 Å². The Morgan fingerprint density at radius 2 is 1.83 bits per heavy atom.